The molecule has 1 unspecified atom stereocenters. The molecule has 1 aromatic carbocycles. The van der Waals surface area contributed by atoms with Crippen LogP contribution < -0.4 is 5.73 Å². The number of hydrogen-bond acceptors (Lipinski definition) is 1. The first kappa shape index (κ1) is 13.8. The molecule has 90 valence electrons. The van der Waals surface area contributed by atoms with Crippen molar-refractivity contribution in [3.63, 3.8) is 0 Å². The summed E-state index contributed by atoms with van der Waals surface area (Å²) in [6, 6.07) is 5.67. The van der Waals surface area contributed by atoms with E-state index in [4.69, 9.17) is 28.9 Å². The van der Waals surface area contributed by atoms with Gasteiger partial charge in [0.2, 0.25) is 0 Å². The molecule has 0 fully saturated rings. The Bertz CT molecular complexity index is 352. The summed E-state index contributed by atoms with van der Waals surface area (Å²) in [5, 5.41) is 1.42. The van der Waals surface area contributed by atoms with Gasteiger partial charge in [0.1, 0.15) is 0 Å². The van der Waals surface area contributed by atoms with Gasteiger partial charge in [0.05, 0.1) is 0 Å². The number of rotatable bonds is 5. The third-order valence-electron chi connectivity index (χ3n) is 2.98. The molecule has 1 rings (SSSR count). The number of nitrogens with two attached hydrogens (primary N) is 1. The van der Waals surface area contributed by atoms with Crippen molar-refractivity contribution in [3.8, 4) is 0 Å². The van der Waals surface area contributed by atoms with Gasteiger partial charge in [-0.15, -0.1) is 0 Å². The number of halogens is 2. The molecule has 0 aromatic heterocycles. The fourth-order valence-corrected chi connectivity index (χ4v) is 2.47. The van der Waals surface area contributed by atoms with Gasteiger partial charge in [-0.05, 0) is 42.5 Å². The summed E-state index contributed by atoms with van der Waals surface area (Å²) in [5.41, 5.74) is 7.11. The summed E-state index contributed by atoms with van der Waals surface area (Å²) in [6.07, 6.45) is 3.16. The third-order valence-corrected chi connectivity index (χ3v) is 3.57. The maximum atomic E-state index is 6.17. The fourth-order valence-electron chi connectivity index (χ4n) is 1.99. The van der Waals surface area contributed by atoms with Crippen molar-refractivity contribution in [2.24, 2.45) is 11.1 Å². The van der Waals surface area contributed by atoms with Gasteiger partial charge in [-0.1, -0.05) is 49.5 Å². The maximum absolute atomic E-state index is 6.17. The molecule has 0 saturated carbocycles. The Hall–Kier alpha value is -0.240. The summed E-state index contributed by atoms with van der Waals surface area (Å²) in [7, 11) is 0. The molecular weight excluding hydrogens is 241 g/mol. The zero-order chi connectivity index (χ0) is 12.2. The maximum Gasteiger partial charge on any atom is 0.0453 e. The van der Waals surface area contributed by atoms with Crippen molar-refractivity contribution >= 4 is 23.2 Å². The first-order valence-electron chi connectivity index (χ1n) is 5.65. The van der Waals surface area contributed by atoms with Crippen molar-refractivity contribution in [1.29, 1.82) is 0 Å². The predicted molar refractivity (Wildman–Crippen MR) is 72.2 cm³/mol. The molecule has 0 radical (unpaired) electrons. The topological polar surface area (TPSA) is 26.0 Å². The van der Waals surface area contributed by atoms with E-state index in [0.717, 1.165) is 29.8 Å². The summed E-state index contributed by atoms with van der Waals surface area (Å²) < 4.78 is 0. The van der Waals surface area contributed by atoms with Crippen LogP contribution >= 0.6 is 23.2 Å². The van der Waals surface area contributed by atoms with E-state index < -0.39 is 0 Å². The average molecular weight is 260 g/mol. The minimum Gasteiger partial charge on any atom is -0.330 e. The van der Waals surface area contributed by atoms with Crippen LogP contribution in [0.3, 0.4) is 0 Å². The second kappa shape index (κ2) is 5.90. The lowest BCUT2D eigenvalue weighted by molar-refractivity contribution is 0.302. The van der Waals surface area contributed by atoms with Gasteiger partial charge in [-0.3, -0.25) is 0 Å². The summed E-state index contributed by atoms with van der Waals surface area (Å²) in [4.78, 5) is 0. The Morgan fingerprint density at radius 1 is 1.31 bits per heavy atom. The lowest BCUT2D eigenvalue weighted by Gasteiger charge is -2.28. The zero-order valence-corrected chi connectivity index (χ0v) is 11.4. The highest BCUT2D eigenvalue weighted by atomic mass is 35.5. The van der Waals surface area contributed by atoms with Crippen LogP contribution in [0.4, 0.5) is 0 Å². The largest absolute Gasteiger partial charge is 0.330 e. The van der Waals surface area contributed by atoms with Crippen LogP contribution in [0.25, 0.3) is 0 Å². The van der Waals surface area contributed by atoms with E-state index in [1.165, 1.54) is 0 Å². The molecule has 3 heteroatoms. The first-order valence-corrected chi connectivity index (χ1v) is 6.40. The summed E-state index contributed by atoms with van der Waals surface area (Å²) >= 11 is 12.0. The quantitative estimate of drug-likeness (QED) is 0.839. The molecule has 1 atom stereocenters. The van der Waals surface area contributed by atoms with E-state index in [1.54, 1.807) is 6.07 Å². The Labute approximate surface area is 108 Å². The van der Waals surface area contributed by atoms with E-state index in [-0.39, 0.29) is 5.41 Å². The smallest absolute Gasteiger partial charge is 0.0453 e. The van der Waals surface area contributed by atoms with Gasteiger partial charge in [0.25, 0.3) is 0 Å². The third kappa shape index (κ3) is 3.65. The Kier molecular flexibility index (Phi) is 5.10. The van der Waals surface area contributed by atoms with Crippen LogP contribution in [0.2, 0.25) is 10.0 Å². The Balaban J connectivity index is 2.85. The van der Waals surface area contributed by atoms with Gasteiger partial charge in [0.15, 0.2) is 0 Å². The SMILES string of the molecule is CCCC(C)(CN)Cc1ccc(Cl)cc1Cl. The van der Waals surface area contributed by atoms with Crippen LogP contribution in [0, 0.1) is 5.41 Å². The molecular formula is C13H19Cl2N. The minimum absolute atomic E-state index is 0.131. The second-order valence-corrected chi connectivity index (χ2v) is 5.52. The minimum atomic E-state index is 0.131. The molecule has 0 saturated heterocycles. The van der Waals surface area contributed by atoms with Gasteiger partial charge >= 0.3 is 0 Å². The molecule has 1 nitrogen and oxygen atoms in total. The van der Waals surface area contributed by atoms with Gasteiger partial charge in [-0.2, -0.15) is 0 Å². The van der Waals surface area contributed by atoms with Crippen LogP contribution in [0.5, 0.6) is 0 Å². The van der Waals surface area contributed by atoms with Crippen molar-refractivity contribution in [1.82, 2.24) is 0 Å². The Morgan fingerprint density at radius 2 is 2.00 bits per heavy atom. The van der Waals surface area contributed by atoms with Gasteiger partial charge in [-0.25, -0.2) is 0 Å². The molecule has 0 aliphatic carbocycles. The number of benzene rings is 1. The van der Waals surface area contributed by atoms with Gasteiger partial charge < -0.3 is 5.73 Å². The van der Waals surface area contributed by atoms with E-state index in [9.17, 15) is 0 Å². The van der Waals surface area contributed by atoms with Crippen LogP contribution in [-0.4, -0.2) is 6.54 Å². The molecule has 0 heterocycles. The van der Waals surface area contributed by atoms with Crippen LogP contribution in [-0.2, 0) is 6.42 Å². The molecule has 0 spiro atoms. The highest BCUT2D eigenvalue weighted by Gasteiger charge is 2.22. The predicted octanol–water partition coefficient (Wildman–Crippen LogP) is 4.30. The molecule has 0 bridgehead atoms. The van der Waals surface area contributed by atoms with Gasteiger partial charge in [0, 0.05) is 10.0 Å². The molecule has 0 aliphatic heterocycles. The monoisotopic (exact) mass is 259 g/mol. The fraction of sp³-hybridized carbons (Fsp3) is 0.538. The van der Waals surface area contributed by atoms with E-state index in [0.29, 0.717) is 11.6 Å². The lowest BCUT2D eigenvalue weighted by Crippen LogP contribution is -2.29. The second-order valence-electron chi connectivity index (χ2n) is 4.68. The zero-order valence-electron chi connectivity index (χ0n) is 9.89. The first-order chi connectivity index (χ1) is 7.50. The van der Waals surface area contributed by atoms with Crippen molar-refractivity contribution < 1.29 is 0 Å². The Morgan fingerprint density at radius 3 is 2.50 bits per heavy atom. The average Bonchev–Trinajstić information content (AvgIpc) is 2.23. The van der Waals surface area contributed by atoms with Crippen LogP contribution in [0.1, 0.15) is 32.3 Å². The van der Waals surface area contributed by atoms with E-state index in [2.05, 4.69) is 13.8 Å². The molecule has 0 amide bonds. The van der Waals surface area contributed by atoms with E-state index >= 15 is 0 Å². The van der Waals surface area contributed by atoms with Crippen molar-refractivity contribution in [2.75, 3.05) is 6.54 Å². The highest BCUT2D eigenvalue weighted by molar-refractivity contribution is 6.35. The normalized spacial score (nSPS) is 14.8. The summed E-state index contributed by atoms with van der Waals surface area (Å²) in [6.45, 7) is 5.07. The lowest BCUT2D eigenvalue weighted by atomic mass is 9.80. The van der Waals surface area contributed by atoms with Crippen molar-refractivity contribution in [2.45, 2.75) is 33.1 Å². The van der Waals surface area contributed by atoms with Crippen LogP contribution in [0.15, 0.2) is 18.2 Å². The number of hydrogen-bond donors (Lipinski definition) is 1. The molecule has 16 heavy (non-hydrogen) atoms. The summed E-state index contributed by atoms with van der Waals surface area (Å²) in [5.74, 6) is 0. The van der Waals surface area contributed by atoms with E-state index in [1.807, 2.05) is 12.1 Å². The molecule has 1 aromatic rings. The standard InChI is InChI=1S/C13H19Cl2N/c1-3-6-13(2,9-16)8-10-4-5-11(14)7-12(10)15/h4-5,7H,3,6,8-9,16H2,1-2H3. The highest BCUT2D eigenvalue weighted by Crippen LogP contribution is 2.31. The van der Waals surface area contributed by atoms with Crippen molar-refractivity contribution in [3.05, 3.63) is 33.8 Å². The molecule has 2 N–H and O–H groups in total. The molecule has 0 aliphatic rings.